The molecule has 1 unspecified atom stereocenters. The number of nitrogens with one attached hydrogen (secondary N) is 1. The minimum absolute atomic E-state index is 0.0195. The molecule has 2 fully saturated rings. The quantitative estimate of drug-likeness (QED) is 0.400. The summed E-state index contributed by atoms with van der Waals surface area (Å²) in [6, 6.07) is 8.66. The predicted molar refractivity (Wildman–Crippen MR) is 137 cm³/mol. The second-order valence-corrected chi connectivity index (χ2v) is 11.7. The van der Waals surface area contributed by atoms with Crippen molar-refractivity contribution in [3.05, 3.63) is 68.2 Å². The van der Waals surface area contributed by atoms with E-state index in [2.05, 4.69) is 5.32 Å². The number of carbonyl (C=O) groups excluding carboxylic acids is 2. The summed E-state index contributed by atoms with van der Waals surface area (Å²) in [6.07, 6.45) is 1.14. The van der Waals surface area contributed by atoms with E-state index < -0.39 is 32.9 Å². The van der Waals surface area contributed by atoms with Gasteiger partial charge in [0.05, 0.1) is 19.9 Å². The molecular weight excluding hydrogens is 545 g/mol. The van der Waals surface area contributed by atoms with Crippen molar-refractivity contribution in [1.82, 2.24) is 14.5 Å². The lowest BCUT2D eigenvalue weighted by Crippen LogP contribution is -2.56. The summed E-state index contributed by atoms with van der Waals surface area (Å²) in [5, 5.41) is 14.3. The number of hydrogen-bond acceptors (Lipinski definition) is 7. The van der Waals surface area contributed by atoms with E-state index in [1.165, 1.54) is 36.4 Å². The summed E-state index contributed by atoms with van der Waals surface area (Å²) in [6.45, 7) is -0.271. The molecule has 198 valence electrons. The molecule has 2 aromatic carbocycles. The van der Waals surface area contributed by atoms with Gasteiger partial charge < -0.3 is 16.0 Å². The molecule has 1 heterocycles. The Hall–Kier alpha value is -2.77. The first kappa shape index (κ1) is 27.3. The Labute approximate surface area is 223 Å². The number of carbonyl (C=O) groups is 2. The van der Waals surface area contributed by atoms with Crippen LogP contribution in [-0.2, 0) is 14.8 Å². The molecule has 4 rings (SSSR count). The highest BCUT2D eigenvalue weighted by atomic mass is 35.5. The SMILES string of the molecule is NC1CCC(NC(=O)C2N(C(=O)c3cccc([N+](=O)[O-])c3)CCN2S(=O)(=O)c2ccc(Cl)c(Cl)c2)CC1. The summed E-state index contributed by atoms with van der Waals surface area (Å²) < 4.78 is 28.1. The monoisotopic (exact) mass is 569 g/mol. The van der Waals surface area contributed by atoms with Crippen molar-refractivity contribution >= 4 is 50.7 Å². The highest BCUT2D eigenvalue weighted by Gasteiger charge is 2.47. The summed E-state index contributed by atoms with van der Waals surface area (Å²) in [7, 11) is -4.28. The molecule has 0 radical (unpaired) electrons. The van der Waals surface area contributed by atoms with Gasteiger partial charge in [-0.3, -0.25) is 19.7 Å². The molecule has 0 spiro atoms. The normalized spacial score (nSPS) is 22.6. The fourth-order valence-electron chi connectivity index (χ4n) is 4.57. The Morgan fingerprint density at radius 3 is 2.38 bits per heavy atom. The van der Waals surface area contributed by atoms with Crippen molar-refractivity contribution < 1.29 is 22.9 Å². The molecule has 2 amide bonds. The number of benzene rings is 2. The lowest BCUT2D eigenvalue weighted by atomic mass is 9.92. The third-order valence-electron chi connectivity index (χ3n) is 6.54. The summed E-state index contributed by atoms with van der Waals surface area (Å²) in [4.78, 5) is 38.4. The Morgan fingerprint density at radius 2 is 1.73 bits per heavy atom. The highest BCUT2D eigenvalue weighted by molar-refractivity contribution is 7.89. The minimum Gasteiger partial charge on any atom is -0.350 e. The van der Waals surface area contributed by atoms with Crippen molar-refractivity contribution in [2.75, 3.05) is 13.1 Å². The highest BCUT2D eigenvalue weighted by Crippen LogP contribution is 2.31. The van der Waals surface area contributed by atoms with E-state index >= 15 is 0 Å². The van der Waals surface area contributed by atoms with Gasteiger partial charge in [0.15, 0.2) is 6.17 Å². The number of halogens is 2. The van der Waals surface area contributed by atoms with E-state index in [4.69, 9.17) is 28.9 Å². The van der Waals surface area contributed by atoms with Crippen molar-refractivity contribution in [3.8, 4) is 0 Å². The predicted octanol–water partition coefficient (Wildman–Crippen LogP) is 2.76. The zero-order chi connectivity index (χ0) is 26.9. The average molecular weight is 570 g/mol. The topological polar surface area (TPSA) is 156 Å². The maximum atomic E-state index is 13.6. The van der Waals surface area contributed by atoms with Gasteiger partial charge >= 0.3 is 0 Å². The maximum absolute atomic E-state index is 13.6. The van der Waals surface area contributed by atoms with Gasteiger partial charge in [-0.05, 0) is 49.9 Å². The third kappa shape index (κ3) is 5.73. The minimum atomic E-state index is -4.28. The largest absolute Gasteiger partial charge is 0.350 e. The number of nitro benzene ring substituents is 1. The standard InChI is InChI=1S/C23H25Cl2N5O6S/c24-19-9-8-18(13-20(19)25)37(35,36)29-11-10-28(23(32)14-2-1-3-17(12-14)30(33)34)22(29)21(31)27-16-6-4-15(26)5-7-16/h1-3,8-9,12-13,15-16,22H,4-7,10-11,26H2,(H,27,31). The molecule has 37 heavy (non-hydrogen) atoms. The van der Waals surface area contributed by atoms with E-state index in [0.717, 1.165) is 15.3 Å². The molecule has 2 aliphatic rings. The van der Waals surface area contributed by atoms with Crippen LogP contribution in [0.15, 0.2) is 47.4 Å². The van der Waals surface area contributed by atoms with Gasteiger partial charge in [0, 0.05) is 42.9 Å². The summed E-state index contributed by atoms with van der Waals surface area (Å²) >= 11 is 12.0. The fourth-order valence-corrected chi connectivity index (χ4v) is 6.51. The first-order valence-corrected chi connectivity index (χ1v) is 13.8. The molecule has 2 aromatic rings. The van der Waals surface area contributed by atoms with Gasteiger partial charge in [-0.1, -0.05) is 29.3 Å². The van der Waals surface area contributed by atoms with Gasteiger partial charge in [0.25, 0.3) is 17.5 Å². The van der Waals surface area contributed by atoms with Gasteiger partial charge in [0.1, 0.15) is 0 Å². The van der Waals surface area contributed by atoms with Gasteiger partial charge in [-0.2, -0.15) is 4.31 Å². The third-order valence-corrected chi connectivity index (χ3v) is 9.13. The molecule has 0 aromatic heterocycles. The van der Waals surface area contributed by atoms with E-state index in [0.29, 0.717) is 25.7 Å². The first-order chi connectivity index (χ1) is 17.5. The van der Waals surface area contributed by atoms with Gasteiger partial charge in [0.2, 0.25) is 10.0 Å². The van der Waals surface area contributed by atoms with Gasteiger partial charge in [-0.25, -0.2) is 8.42 Å². The van der Waals surface area contributed by atoms with Crippen LogP contribution in [0.2, 0.25) is 10.0 Å². The lowest BCUT2D eigenvalue weighted by molar-refractivity contribution is -0.384. The molecule has 3 N–H and O–H groups in total. The zero-order valence-corrected chi connectivity index (χ0v) is 21.9. The molecular formula is C23H25Cl2N5O6S. The molecule has 1 atom stereocenters. The van der Waals surface area contributed by atoms with Crippen LogP contribution in [0.5, 0.6) is 0 Å². The maximum Gasteiger partial charge on any atom is 0.270 e. The van der Waals surface area contributed by atoms with Crippen LogP contribution >= 0.6 is 23.2 Å². The van der Waals surface area contributed by atoms with Crippen LogP contribution in [0, 0.1) is 10.1 Å². The van der Waals surface area contributed by atoms with Crippen molar-refractivity contribution in [1.29, 1.82) is 0 Å². The second kappa shape index (κ2) is 10.9. The fraction of sp³-hybridized carbons (Fsp3) is 0.391. The van der Waals surface area contributed by atoms with Crippen molar-refractivity contribution in [2.45, 2.75) is 48.8 Å². The number of nitro groups is 1. The lowest BCUT2D eigenvalue weighted by Gasteiger charge is -2.32. The van der Waals surface area contributed by atoms with E-state index in [-0.39, 0.29) is 51.4 Å². The Morgan fingerprint density at radius 1 is 1.03 bits per heavy atom. The van der Waals surface area contributed by atoms with Crippen LogP contribution in [0.1, 0.15) is 36.0 Å². The second-order valence-electron chi connectivity index (χ2n) is 8.99. The Balaban J connectivity index is 1.68. The number of hydrogen-bond donors (Lipinski definition) is 2. The Bertz CT molecular complexity index is 1330. The first-order valence-electron chi connectivity index (χ1n) is 11.6. The molecule has 14 heteroatoms. The van der Waals surface area contributed by atoms with Crippen molar-refractivity contribution in [3.63, 3.8) is 0 Å². The number of nitrogens with two attached hydrogens (primary N) is 1. The van der Waals surface area contributed by atoms with Gasteiger partial charge in [-0.15, -0.1) is 0 Å². The number of rotatable bonds is 6. The van der Waals surface area contributed by atoms with Crippen LogP contribution < -0.4 is 11.1 Å². The molecule has 1 aliphatic heterocycles. The number of amides is 2. The average Bonchev–Trinajstić information content (AvgIpc) is 3.33. The van der Waals surface area contributed by atoms with Crippen molar-refractivity contribution in [2.24, 2.45) is 5.73 Å². The molecule has 1 aliphatic carbocycles. The summed E-state index contributed by atoms with van der Waals surface area (Å²) in [5.74, 6) is -1.37. The van der Waals surface area contributed by atoms with E-state index in [1.54, 1.807) is 0 Å². The van der Waals surface area contributed by atoms with Crippen LogP contribution in [0.3, 0.4) is 0 Å². The summed E-state index contributed by atoms with van der Waals surface area (Å²) in [5.41, 5.74) is 5.62. The smallest absolute Gasteiger partial charge is 0.270 e. The number of non-ortho nitro benzene ring substituents is 1. The molecule has 11 nitrogen and oxygen atoms in total. The number of sulfonamides is 1. The van der Waals surface area contributed by atoms with Crippen LogP contribution in [0.25, 0.3) is 0 Å². The number of nitrogens with zero attached hydrogens (tertiary/aromatic N) is 3. The molecule has 0 bridgehead atoms. The van der Waals surface area contributed by atoms with E-state index in [9.17, 15) is 28.1 Å². The molecule has 1 saturated carbocycles. The zero-order valence-electron chi connectivity index (χ0n) is 19.5. The molecule has 1 saturated heterocycles. The Kier molecular flexibility index (Phi) is 8.05. The van der Waals surface area contributed by atoms with Crippen LogP contribution in [-0.4, -0.2) is 65.7 Å². The van der Waals surface area contributed by atoms with Crippen LogP contribution in [0.4, 0.5) is 5.69 Å². The van der Waals surface area contributed by atoms with E-state index in [1.807, 2.05) is 0 Å².